The van der Waals surface area contributed by atoms with E-state index >= 15 is 0 Å². The fourth-order valence-electron chi connectivity index (χ4n) is 2.60. The highest BCUT2D eigenvalue weighted by molar-refractivity contribution is 9.10. The highest BCUT2D eigenvalue weighted by atomic mass is 79.9. The van der Waals surface area contributed by atoms with Crippen molar-refractivity contribution in [2.45, 2.75) is 19.9 Å². The first-order valence-electron chi connectivity index (χ1n) is 8.46. The first kappa shape index (κ1) is 18.7. The van der Waals surface area contributed by atoms with Crippen molar-refractivity contribution in [1.29, 1.82) is 0 Å². The van der Waals surface area contributed by atoms with Crippen LogP contribution in [0.1, 0.15) is 35.1 Å². The van der Waals surface area contributed by atoms with Crippen LogP contribution in [0.4, 0.5) is 0 Å². The predicted molar refractivity (Wildman–Crippen MR) is 111 cm³/mol. The van der Waals surface area contributed by atoms with Gasteiger partial charge in [-0.3, -0.25) is 4.79 Å². The van der Waals surface area contributed by atoms with E-state index in [1.54, 1.807) is 0 Å². The monoisotopic (exact) mass is 429 g/mol. The Morgan fingerprint density at radius 2 is 1.77 bits per heavy atom. The Morgan fingerprint density at radius 1 is 1.08 bits per heavy atom. The van der Waals surface area contributed by atoms with Crippen LogP contribution in [0.3, 0.4) is 0 Å². The van der Waals surface area contributed by atoms with Gasteiger partial charge in [0.25, 0.3) is 5.91 Å². The van der Waals surface area contributed by atoms with E-state index in [1.807, 2.05) is 74.5 Å². The molecule has 0 aliphatic carbocycles. The number of ether oxygens (including phenoxy) is 1. The molecule has 1 aromatic heterocycles. The van der Waals surface area contributed by atoms with Gasteiger partial charge in [0.15, 0.2) is 0 Å². The van der Waals surface area contributed by atoms with Crippen molar-refractivity contribution < 1.29 is 9.53 Å². The molecule has 1 amide bonds. The van der Waals surface area contributed by atoms with Gasteiger partial charge in [-0.1, -0.05) is 28.1 Å². The number of benzene rings is 2. The van der Waals surface area contributed by atoms with Crippen LogP contribution in [0.2, 0.25) is 0 Å². The van der Waals surface area contributed by atoms with Crippen LogP contribution in [0, 0.1) is 0 Å². The molecule has 1 N–H and O–H groups in total. The number of carbonyl (C=O) groups is 1. The van der Waals surface area contributed by atoms with E-state index in [2.05, 4.69) is 21.2 Å². The Kier molecular flexibility index (Phi) is 6.12. The Morgan fingerprint density at radius 3 is 2.42 bits per heavy atom. The van der Waals surface area contributed by atoms with Crippen molar-refractivity contribution in [2.75, 3.05) is 6.61 Å². The summed E-state index contributed by atoms with van der Waals surface area (Å²) in [6.45, 7) is 4.61. The smallest absolute Gasteiger partial charge is 0.261 e. The molecule has 134 valence electrons. The second-order valence-corrected chi connectivity index (χ2v) is 7.87. The summed E-state index contributed by atoms with van der Waals surface area (Å²) in [5.74, 6) is 0.803. The number of rotatable bonds is 6. The van der Waals surface area contributed by atoms with E-state index in [-0.39, 0.29) is 11.9 Å². The molecule has 3 aromatic rings. The maximum absolute atomic E-state index is 12.5. The third kappa shape index (κ3) is 4.54. The Labute approximate surface area is 166 Å². The zero-order valence-electron chi connectivity index (χ0n) is 14.7. The molecule has 0 saturated carbocycles. The van der Waals surface area contributed by atoms with Crippen LogP contribution in [0.25, 0.3) is 10.4 Å². The summed E-state index contributed by atoms with van der Waals surface area (Å²) in [4.78, 5) is 14.3. The van der Waals surface area contributed by atoms with E-state index in [9.17, 15) is 4.79 Å². The van der Waals surface area contributed by atoms with Crippen LogP contribution in [-0.2, 0) is 0 Å². The van der Waals surface area contributed by atoms with Crippen molar-refractivity contribution in [2.24, 2.45) is 0 Å². The molecule has 26 heavy (non-hydrogen) atoms. The maximum atomic E-state index is 12.5. The van der Waals surface area contributed by atoms with E-state index in [1.165, 1.54) is 11.3 Å². The van der Waals surface area contributed by atoms with Gasteiger partial charge in [0.2, 0.25) is 0 Å². The second-order valence-electron chi connectivity index (χ2n) is 5.87. The van der Waals surface area contributed by atoms with E-state index in [0.717, 1.165) is 26.2 Å². The van der Waals surface area contributed by atoms with Gasteiger partial charge in [0.1, 0.15) is 5.75 Å². The molecule has 2 aromatic carbocycles. The number of carbonyl (C=O) groups excluding carboxylic acids is 1. The van der Waals surface area contributed by atoms with Crippen molar-refractivity contribution in [3.63, 3.8) is 0 Å². The molecule has 0 saturated heterocycles. The third-order valence-electron chi connectivity index (χ3n) is 4.00. The zero-order valence-corrected chi connectivity index (χ0v) is 17.1. The molecule has 0 bridgehead atoms. The van der Waals surface area contributed by atoms with Crippen molar-refractivity contribution >= 4 is 33.2 Å². The average Bonchev–Trinajstić information content (AvgIpc) is 3.13. The fraction of sp³-hybridized carbons (Fsp3) is 0.190. The lowest BCUT2D eigenvalue weighted by Crippen LogP contribution is -2.25. The summed E-state index contributed by atoms with van der Waals surface area (Å²) < 4.78 is 6.50. The van der Waals surface area contributed by atoms with Crippen LogP contribution >= 0.6 is 27.3 Å². The summed E-state index contributed by atoms with van der Waals surface area (Å²) in [5, 5.41) is 3.06. The fourth-order valence-corrected chi connectivity index (χ4v) is 3.78. The molecule has 3 nitrogen and oxygen atoms in total. The molecule has 0 radical (unpaired) electrons. The van der Waals surface area contributed by atoms with Gasteiger partial charge >= 0.3 is 0 Å². The van der Waals surface area contributed by atoms with E-state index in [0.29, 0.717) is 11.5 Å². The minimum absolute atomic E-state index is 0.0494. The van der Waals surface area contributed by atoms with Gasteiger partial charge in [-0.05, 0) is 73.5 Å². The van der Waals surface area contributed by atoms with Crippen molar-refractivity contribution in [3.8, 4) is 16.2 Å². The van der Waals surface area contributed by atoms with Gasteiger partial charge in [0.05, 0.1) is 17.5 Å². The molecule has 0 aliphatic heterocycles. The van der Waals surface area contributed by atoms with E-state index in [4.69, 9.17) is 4.74 Å². The number of hydrogen-bond acceptors (Lipinski definition) is 3. The number of halogens is 1. The summed E-state index contributed by atoms with van der Waals surface area (Å²) in [6, 6.07) is 19.7. The second kappa shape index (κ2) is 8.52. The molecular weight excluding hydrogens is 410 g/mol. The normalized spacial score (nSPS) is 11.8. The third-order valence-corrected chi connectivity index (χ3v) is 5.66. The van der Waals surface area contributed by atoms with Gasteiger partial charge in [0, 0.05) is 9.35 Å². The largest absolute Gasteiger partial charge is 0.494 e. The number of thiophene rings is 1. The van der Waals surface area contributed by atoms with Crippen LogP contribution in [0.5, 0.6) is 5.75 Å². The number of amides is 1. The summed E-state index contributed by atoms with van der Waals surface area (Å²) in [6.07, 6.45) is 0. The first-order valence-corrected chi connectivity index (χ1v) is 10.1. The minimum atomic E-state index is -0.0531. The van der Waals surface area contributed by atoms with E-state index < -0.39 is 0 Å². The van der Waals surface area contributed by atoms with Crippen molar-refractivity contribution in [1.82, 2.24) is 5.32 Å². The van der Waals surface area contributed by atoms with Gasteiger partial charge in [-0.2, -0.15) is 0 Å². The van der Waals surface area contributed by atoms with Crippen LogP contribution in [-0.4, -0.2) is 12.5 Å². The number of nitrogens with one attached hydrogen (secondary N) is 1. The molecule has 0 fully saturated rings. The highest BCUT2D eigenvalue weighted by Gasteiger charge is 2.14. The molecular formula is C21H20BrNO2S. The van der Waals surface area contributed by atoms with Gasteiger partial charge < -0.3 is 10.1 Å². The summed E-state index contributed by atoms with van der Waals surface area (Å²) in [5.41, 5.74) is 2.16. The Hall–Kier alpha value is -2.11. The molecule has 1 unspecified atom stereocenters. The summed E-state index contributed by atoms with van der Waals surface area (Å²) in [7, 11) is 0. The van der Waals surface area contributed by atoms with Gasteiger partial charge in [-0.25, -0.2) is 0 Å². The van der Waals surface area contributed by atoms with Gasteiger partial charge in [-0.15, -0.1) is 11.3 Å². The molecule has 0 spiro atoms. The molecule has 5 heteroatoms. The standard InChI is InChI=1S/C21H20BrNO2S/c1-3-25-18-10-6-16(7-11-18)19-12-13-20(26-19)21(24)23-14(2)15-4-8-17(22)9-5-15/h4-14H,3H2,1-2H3,(H,23,24). The summed E-state index contributed by atoms with van der Waals surface area (Å²) >= 11 is 4.92. The van der Waals surface area contributed by atoms with Crippen LogP contribution in [0.15, 0.2) is 65.1 Å². The minimum Gasteiger partial charge on any atom is -0.494 e. The lowest BCUT2D eigenvalue weighted by Gasteiger charge is -2.13. The predicted octanol–water partition coefficient (Wildman–Crippen LogP) is 6.07. The quantitative estimate of drug-likeness (QED) is 0.516. The average molecular weight is 430 g/mol. The SMILES string of the molecule is CCOc1ccc(-c2ccc(C(=O)NC(C)c3ccc(Br)cc3)s2)cc1. The molecule has 1 heterocycles. The van der Waals surface area contributed by atoms with Crippen molar-refractivity contribution in [3.05, 3.63) is 75.6 Å². The first-order chi connectivity index (χ1) is 12.6. The Balaban J connectivity index is 1.68. The lowest BCUT2D eigenvalue weighted by molar-refractivity contribution is 0.0944. The molecule has 1 atom stereocenters. The zero-order chi connectivity index (χ0) is 18.5. The van der Waals surface area contributed by atoms with Crippen LogP contribution < -0.4 is 10.1 Å². The maximum Gasteiger partial charge on any atom is 0.261 e. The topological polar surface area (TPSA) is 38.3 Å². The Bertz CT molecular complexity index is 872. The number of hydrogen-bond donors (Lipinski definition) is 1. The highest BCUT2D eigenvalue weighted by Crippen LogP contribution is 2.30. The lowest BCUT2D eigenvalue weighted by atomic mass is 10.1. The molecule has 0 aliphatic rings. The molecule has 3 rings (SSSR count).